The van der Waals surface area contributed by atoms with Crippen LogP contribution < -0.4 is 0 Å². The Morgan fingerprint density at radius 2 is 0.698 bits per heavy atom. The van der Waals surface area contributed by atoms with Gasteiger partial charge in [0.15, 0.2) is 0 Å². The van der Waals surface area contributed by atoms with Gasteiger partial charge in [0.1, 0.15) is 0 Å². The van der Waals surface area contributed by atoms with E-state index >= 15 is 0 Å². The fraction of sp³-hybridized carbons (Fsp3) is 0.905. The van der Waals surface area contributed by atoms with Gasteiger partial charge in [-0.1, -0.05) is 199 Å². The summed E-state index contributed by atoms with van der Waals surface area (Å²) in [5.74, 6) is 0.984. The van der Waals surface area contributed by atoms with Crippen LogP contribution in [-0.2, 0) is 0 Å². The van der Waals surface area contributed by atoms with E-state index in [0.717, 1.165) is 12.3 Å². The van der Waals surface area contributed by atoms with Gasteiger partial charge < -0.3 is 4.90 Å². The lowest BCUT2D eigenvalue weighted by Crippen LogP contribution is -2.14. The van der Waals surface area contributed by atoms with Gasteiger partial charge in [-0.25, -0.2) is 0 Å². The highest BCUT2D eigenvalue weighted by Gasteiger charge is 2.09. The molecule has 0 N–H and O–H groups in total. The molecule has 0 rings (SSSR count). The second-order valence-electron chi connectivity index (χ2n) is 14.3. The number of hydrogen-bond donors (Lipinski definition) is 0. The molecule has 0 aliphatic rings. The summed E-state index contributed by atoms with van der Waals surface area (Å²) in [6.45, 7) is 5.85. The van der Waals surface area contributed by atoms with E-state index in [1.54, 1.807) is 0 Å². The number of hydrogen-bond acceptors (Lipinski definition) is 1. The minimum Gasteiger partial charge on any atom is -0.309 e. The van der Waals surface area contributed by atoms with Gasteiger partial charge in [-0.15, -0.1) is 0 Å². The third-order valence-corrected chi connectivity index (χ3v) is 9.50. The Balaban J connectivity index is 3.69. The van der Waals surface area contributed by atoms with Gasteiger partial charge in [0.2, 0.25) is 0 Å². The van der Waals surface area contributed by atoms with Gasteiger partial charge in [-0.2, -0.15) is 0 Å². The molecule has 0 amide bonds. The lowest BCUT2D eigenvalue weighted by atomic mass is 9.90. The zero-order valence-corrected chi connectivity index (χ0v) is 30.7. The smallest absolute Gasteiger partial charge is 0.00247 e. The summed E-state index contributed by atoms with van der Waals surface area (Å²) >= 11 is 0. The highest BCUT2D eigenvalue weighted by Crippen LogP contribution is 2.24. The summed E-state index contributed by atoms with van der Waals surface area (Å²) in [4.78, 5) is 2.37. The van der Waals surface area contributed by atoms with Gasteiger partial charge >= 0.3 is 0 Å². The number of rotatable bonds is 36. The first-order valence-corrected chi connectivity index (χ1v) is 20.1. The van der Waals surface area contributed by atoms with Crippen LogP contribution >= 0.6 is 0 Å². The Kier molecular flexibility index (Phi) is 37.1. The van der Waals surface area contributed by atoms with E-state index in [1.807, 2.05) is 0 Å². The van der Waals surface area contributed by atoms with E-state index in [2.05, 4.69) is 57.1 Å². The maximum Gasteiger partial charge on any atom is -0.00247 e. The van der Waals surface area contributed by atoms with E-state index in [4.69, 9.17) is 0 Å². The summed E-state index contributed by atoms with van der Waals surface area (Å²) in [5, 5.41) is 0. The normalized spacial score (nSPS) is 12.9. The average Bonchev–Trinajstić information content (AvgIpc) is 3.00. The first-order valence-electron chi connectivity index (χ1n) is 20.1. The minimum absolute atomic E-state index is 0.984. The van der Waals surface area contributed by atoms with Crippen molar-refractivity contribution in [2.75, 3.05) is 20.6 Å². The molecule has 0 aliphatic heterocycles. The molecule has 43 heavy (non-hydrogen) atoms. The maximum atomic E-state index is 2.41. The summed E-state index contributed by atoms with van der Waals surface area (Å²) in [6.07, 6.45) is 55.2. The SMILES string of the molecule is CCCCC/C=C\C/C=C\CCCCCCCCC(CCCCCCCCCCCCCCCCCC)CCCN(C)C. The van der Waals surface area contributed by atoms with Crippen LogP contribution in [0.3, 0.4) is 0 Å². The Morgan fingerprint density at radius 3 is 1.12 bits per heavy atom. The molecule has 1 atom stereocenters. The molecule has 0 aromatic heterocycles. The zero-order chi connectivity index (χ0) is 31.3. The van der Waals surface area contributed by atoms with Crippen molar-refractivity contribution in [2.24, 2.45) is 5.92 Å². The van der Waals surface area contributed by atoms with Gasteiger partial charge in [-0.05, 0) is 71.5 Å². The van der Waals surface area contributed by atoms with Crippen molar-refractivity contribution in [3.8, 4) is 0 Å². The summed E-state index contributed by atoms with van der Waals surface area (Å²) in [7, 11) is 4.46. The molecule has 0 aliphatic carbocycles. The van der Waals surface area contributed by atoms with E-state index in [9.17, 15) is 0 Å². The molecule has 0 aromatic carbocycles. The number of allylic oxidation sites excluding steroid dienone is 4. The topological polar surface area (TPSA) is 3.24 Å². The van der Waals surface area contributed by atoms with Crippen LogP contribution in [0.4, 0.5) is 0 Å². The van der Waals surface area contributed by atoms with E-state index < -0.39 is 0 Å². The quantitative estimate of drug-likeness (QED) is 0.0510. The fourth-order valence-corrected chi connectivity index (χ4v) is 6.53. The van der Waals surface area contributed by atoms with Crippen LogP contribution in [-0.4, -0.2) is 25.5 Å². The highest BCUT2D eigenvalue weighted by molar-refractivity contribution is 4.92. The van der Waals surface area contributed by atoms with Crippen molar-refractivity contribution >= 4 is 0 Å². The number of nitrogens with zero attached hydrogens (tertiary/aromatic N) is 1. The molecule has 256 valence electrons. The van der Waals surface area contributed by atoms with Crippen molar-refractivity contribution in [1.82, 2.24) is 4.90 Å². The molecule has 0 bridgehead atoms. The molecule has 0 radical (unpaired) electrons. The van der Waals surface area contributed by atoms with Crippen molar-refractivity contribution in [1.29, 1.82) is 0 Å². The monoisotopic (exact) mass is 602 g/mol. The van der Waals surface area contributed by atoms with Gasteiger partial charge in [0, 0.05) is 0 Å². The molecule has 0 saturated heterocycles. The molecule has 1 nitrogen and oxygen atoms in total. The predicted octanol–water partition coefficient (Wildman–Crippen LogP) is 14.8. The Labute approximate surface area is 274 Å². The molecule has 0 saturated carbocycles. The molecule has 0 heterocycles. The van der Waals surface area contributed by atoms with Crippen molar-refractivity contribution in [3.63, 3.8) is 0 Å². The molecule has 1 heteroatoms. The standard InChI is InChI=1S/C42H83N/c1-5-7-9-11-13-15-17-19-21-23-25-27-29-31-33-35-38-42(40-37-41-43(3)4)39-36-34-32-30-28-26-24-22-20-18-16-14-12-10-8-6-2/h13,15,19,21,42H,5-12,14,16-18,20,22-41H2,1-4H3/b15-13-,21-19-. The van der Waals surface area contributed by atoms with Crippen LogP contribution in [0.5, 0.6) is 0 Å². The molecular formula is C42H83N. The molecule has 1 unspecified atom stereocenters. The third-order valence-electron chi connectivity index (χ3n) is 9.50. The summed E-state index contributed by atoms with van der Waals surface area (Å²) in [5.41, 5.74) is 0. The Hall–Kier alpha value is -0.560. The van der Waals surface area contributed by atoms with Gasteiger partial charge in [0.05, 0.1) is 0 Å². The molecule has 0 aromatic rings. The second-order valence-corrected chi connectivity index (χ2v) is 14.3. The predicted molar refractivity (Wildman–Crippen MR) is 199 cm³/mol. The zero-order valence-electron chi connectivity index (χ0n) is 30.7. The lowest BCUT2D eigenvalue weighted by molar-refractivity contribution is 0.332. The fourth-order valence-electron chi connectivity index (χ4n) is 6.53. The second kappa shape index (κ2) is 37.6. The molecule has 0 spiro atoms. The van der Waals surface area contributed by atoms with Gasteiger partial charge in [0.25, 0.3) is 0 Å². The Morgan fingerprint density at radius 1 is 0.372 bits per heavy atom. The summed E-state index contributed by atoms with van der Waals surface area (Å²) < 4.78 is 0. The third kappa shape index (κ3) is 37.5. The van der Waals surface area contributed by atoms with Crippen LogP contribution in [0.2, 0.25) is 0 Å². The number of unbranched alkanes of at least 4 members (excludes halogenated alkanes) is 24. The van der Waals surface area contributed by atoms with Crippen molar-refractivity contribution in [2.45, 2.75) is 219 Å². The molecule has 0 fully saturated rings. The van der Waals surface area contributed by atoms with Crippen LogP contribution in [0.25, 0.3) is 0 Å². The van der Waals surface area contributed by atoms with Crippen LogP contribution in [0.15, 0.2) is 24.3 Å². The maximum absolute atomic E-state index is 2.41. The lowest BCUT2D eigenvalue weighted by Gasteiger charge is -2.18. The minimum atomic E-state index is 0.984. The van der Waals surface area contributed by atoms with E-state index in [-0.39, 0.29) is 0 Å². The van der Waals surface area contributed by atoms with E-state index in [0.29, 0.717) is 0 Å². The van der Waals surface area contributed by atoms with E-state index in [1.165, 1.54) is 206 Å². The molecular weight excluding hydrogens is 518 g/mol. The Bertz CT molecular complexity index is 547. The van der Waals surface area contributed by atoms with Crippen LogP contribution in [0.1, 0.15) is 219 Å². The first-order chi connectivity index (χ1) is 21.2. The average molecular weight is 602 g/mol. The summed E-state index contributed by atoms with van der Waals surface area (Å²) in [6, 6.07) is 0. The van der Waals surface area contributed by atoms with Crippen molar-refractivity contribution < 1.29 is 0 Å². The van der Waals surface area contributed by atoms with Crippen LogP contribution in [0, 0.1) is 5.92 Å². The first kappa shape index (κ1) is 42.4. The van der Waals surface area contributed by atoms with Gasteiger partial charge in [-0.3, -0.25) is 0 Å². The largest absolute Gasteiger partial charge is 0.309 e. The van der Waals surface area contributed by atoms with Crippen molar-refractivity contribution in [3.05, 3.63) is 24.3 Å². The highest BCUT2D eigenvalue weighted by atomic mass is 15.0.